The number of esters is 1. The summed E-state index contributed by atoms with van der Waals surface area (Å²) in [5.74, 6) is -8.24. The molecule has 3 aliphatic heterocycles. The number of carbonyl (C=O) groups is 5. The molecule has 14 unspecified atom stereocenters. The number of methoxy groups -OCH3 is 3. The van der Waals surface area contributed by atoms with Crippen LogP contribution < -0.4 is 0 Å². The average Bonchev–Trinajstić information content (AvgIpc) is 3.27. The van der Waals surface area contributed by atoms with E-state index < -0.39 is 105 Å². The van der Waals surface area contributed by atoms with E-state index in [1.807, 2.05) is 27.7 Å². The number of cyclic esters (lactones) is 1. The Bertz CT molecular complexity index is 1780. The second-order valence-electron chi connectivity index (χ2n) is 21.7. The highest BCUT2D eigenvalue weighted by molar-refractivity contribution is 6.74. The van der Waals surface area contributed by atoms with Crippen LogP contribution in [0.5, 0.6) is 0 Å². The normalized spacial score (nSPS) is 37.2. The monoisotopic (exact) mass is 964 g/mol. The van der Waals surface area contributed by atoms with Crippen molar-refractivity contribution in [1.82, 2.24) is 4.90 Å². The van der Waals surface area contributed by atoms with Crippen LogP contribution in [0.25, 0.3) is 0 Å². The molecule has 0 aromatic heterocycles. The summed E-state index contributed by atoms with van der Waals surface area (Å²) in [6.45, 7) is 22.0. The number of ketones is 2. The molecule has 1 amide bonds. The lowest BCUT2D eigenvalue weighted by Crippen LogP contribution is -2.64. The maximum Gasteiger partial charge on any atom is 0.329 e. The number of rotatable bonds is 11. The zero-order valence-corrected chi connectivity index (χ0v) is 44.1. The predicted molar refractivity (Wildman–Crippen MR) is 256 cm³/mol. The number of carboxylic acid groups (broad SMARTS) is 1. The molecule has 1 saturated carbocycles. The van der Waals surface area contributed by atoms with Crippen molar-refractivity contribution >= 4 is 37.7 Å². The average molecular weight is 964 g/mol. The Morgan fingerprint density at radius 2 is 1.55 bits per heavy atom. The van der Waals surface area contributed by atoms with Gasteiger partial charge in [0.15, 0.2) is 8.32 Å². The van der Waals surface area contributed by atoms with E-state index in [0.717, 1.165) is 11.1 Å². The third-order valence-corrected chi connectivity index (χ3v) is 20.0. The van der Waals surface area contributed by atoms with Crippen molar-refractivity contribution in [2.75, 3.05) is 34.5 Å². The molecule has 4 aliphatic rings. The first kappa shape index (κ1) is 56.8. The minimum Gasteiger partial charge on any atom is -0.480 e. The molecular weight excluding hydrogens is 879 g/mol. The van der Waals surface area contributed by atoms with Gasteiger partial charge in [0.2, 0.25) is 5.79 Å². The lowest BCUT2D eigenvalue weighted by molar-refractivity contribution is -0.302. The minimum atomic E-state index is -2.56. The number of hydrogen-bond acceptors (Lipinski definition) is 13. The second kappa shape index (κ2) is 24.3. The lowest BCUT2D eigenvalue weighted by Gasteiger charge is -2.47. The van der Waals surface area contributed by atoms with Gasteiger partial charge in [-0.2, -0.15) is 0 Å². The summed E-state index contributed by atoms with van der Waals surface area (Å²) in [6.07, 6.45) is 4.80. The Hall–Kier alpha value is -2.83. The van der Waals surface area contributed by atoms with Crippen molar-refractivity contribution in [2.24, 2.45) is 29.6 Å². The van der Waals surface area contributed by atoms with Gasteiger partial charge in [0, 0.05) is 52.0 Å². The van der Waals surface area contributed by atoms with Crippen molar-refractivity contribution in [3.63, 3.8) is 0 Å². The van der Waals surface area contributed by atoms with E-state index in [1.54, 1.807) is 28.3 Å². The summed E-state index contributed by atoms with van der Waals surface area (Å²) in [5, 5.41) is 21.3. The van der Waals surface area contributed by atoms with Gasteiger partial charge in [-0.1, -0.05) is 66.2 Å². The lowest BCUT2D eigenvalue weighted by atomic mass is 9.81. The fourth-order valence-corrected chi connectivity index (χ4v) is 11.8. The standard InChI is InChI=1S/C51H85NO14Si/c1-15-36-23-30(2)22-31(3)24-42(61-11)46-43(62-12)26-33(5)51(59,65-46)47(56)48(57)52-21-17-16-18-37(52)49(58)64-45(34(6)40(28-38(36)53)66-67(13,14)50(7,8)9)32(4)25-35-19-20-39(41(27-35)60-10)63-29-44(54)55/h23,25,31,33-37,39-43,45-46,59H,15-22,24,26-29H2,1-14H3,(H,54,55)/b30-23+,32-25?. The van der Waals surface area contributed by atoms with Crippen LogP contribution in [0.3, 0.4) is 0 Å². The molecular formula is C51H85NO14Si. The number of amides is 1. The van der Waals surface area contributed by atoms with Gasteiger partial charge < -0.3 is 48.0 Å². The molecule has 2 saturated heterocycles. The Labute approximate surface area is 401 Å². The smallest absolute Gasteiger partial charge is 0.329 e. The third-order valence-electron chi connectivity index (χ3n) is 15.5. The van der Waals surface area contributed by atoms with Crippen molar-refractivity contribution < 1.29 is 67.0 Å². The molecule has 3 fully saturated rings. The first-order chi connectivity index (χ1) is 31.3. The molecule has 382 valence electrons. The number of carbonyl (C=O) groups excluding carboxylic acids is 4. The Kier molecular flexibility index (Phi) is 20.6. The molecule has 2 N–H and O–H groups in total. The van der Waals surface area contributed by atoms with Crippen LogP contribution >= 0.6 is 0 Å². The van der Waals surface area contributed by atoms with Crippen molar-refractivity contribution in [1.29, 1.82) is 0 Å². The van der Waals surface area contributed by atoms with Crippen molar-refractivity contribution in [3.05, 3.63) is 23.3 Å². The maximum atomic E-state index is 14.9. The number of aliphatic carboxylic acids is 1. The minimum absolute atomic E-state index is 0.0227. The van der Waals surface area contributed by atoms with Gasteiger partial charge in [0.1, 0.15) is 30.6 Å². The van der Waals surface area contributed by atoms with Crippen LogP contribution in [-0.4, -0.2) is 142 Å². The van der Waals surface area contributed by atoms with Crippen molar-refractivity contribution in [2.45, 2.75) is 206 Å². The molecule has 0 spiro atoms. The molecule has 0 radical (unpaired) electrons. The molecule has 15 nitrogen and oxygen atoms in total. The summed E-state index contributed by atoms with van der Waals surface area (Å²) in [6, 6.07) is -1.14. The number of carboxylic acids is 1. The van der Waals surface area contributed by atoms with Crippen LogP contribution in [0, 0.1) is 29.6 Å². The third kappa shape index (κ3) is 14.2. The van der Waals surface area contributed by atoms with Gasteiger partial charge in [0.05, 0.1) is 30.5 Å². The number of piperidine rings is 1. The van der Waals surface area contributed by atoms with Crippen LogP contribution in [0.2, 0.25) is 18.1 Å². The van der Waals surface area contributed by atoms with Gasteiger partial charge >= 0.3 is 11.9 Å². The van der Waals surface area contributed by atoms with E-state index in [0.29, 0.717) is 51.4 Å². The summed E-state index contributed by atoms with van der Waals surface area (Å²) in [7, 11) is 2.10. The predicted octanol–water partition coefficient (Wildman–Crippen LogP) is 7.61. The summed E-state index contributed by atoms with van der Waals surface area (Å²) < 4.78 is 43.5. The van der Waals surface area contributed by atoms with Crippen LogP contribution in [0.1, 0.15) is 133 Å². The number of ether oxygens (including phenoxy) is 6. The van der Waals surface area contributed by atoms with E-state index in [1.165, 1.54) is 4.90 Å². The number of nitrogens with zero attached hydrogens (tertiary/aromatic N) is 1. The number of allylic oxidation sites excluding steroid dienone is 3. The summed E-state index contributed by atoms with van der Waals surface area (Å²) >= 11 is 0. The zero-order chi connectivity index (χ0) is 50.2. The van der Waals surface area contributed by atoms with Gasteiger partial charge in [-0.3, -0.25) is 14.4 Å². The van der Waals surface area contributed by atoms with E-state index >= 15 is 0 Å². The maximum absolute atomic E-state index is 14.9. The Morgan fingerprint density at radius 1 is 0.910 bits per heavy atom. The molecule has 1 aliphatic carbocycles. The number of aliphatic hydroxyl groups is 1. The zero-order valence-electron chi connectivity index (χ0n) is 43.1. The molecule has 16 heteroatoms. The summed E-state index contributed by atoms with van der Waals surface area (Å²) in [4.78, 5) is 71.1. The van der Waals surface area contributed by atoms with E-state index in [2.05, 4.69) is 52.9 Å². The highest BCUT2D eigenvalue weighted by Gasteiger charge is 2.57. The SMILES string of the molecule is CCC1/C=C(\C)CC(C)CC(OC)C2OC(O)(C(=O)C(=O)N3CCCCC3C(=O)OC(C(C)=CC3CCC(OCC(=O)O)C(OC)C3)C(C)C(O[Si](C)(C)C(C)(C)C)CC1=O)C(C)CC2OC. The number of hydrogen-bond donors (Lipinski definition) is 2. The fourth-order valence-electron chi connectivity index (χ4n) is 10.4. The van der Waals surface area contributed by atoms with Crippen LogP contribution in [0.15, 0.2) is 23.3 Å². The molecule has 67 heavy (non-hydrogen) atoms. The summed E-state index contributed by atoms with van der Waals surface area (Å²) in [5.41, 5.74) is 1.76. The quantitative estimate of drug-likeness (QED) is 0.0889. The van der Waals surface area contributed by atoms with Gasteiger partial charge in [-0.15, -0.1) is 0 Å². The molecule has 0 aromatic carbocycles. The Balaban J connectivity index is 1.87. The second-order valence-corrected chi connectivity index (χ2v) is 26.4. The first-order valence-corrected chi connectivity index (χ1v) is 27.7. The van der Waals surface area contributed by atoms with E-state index in [9.17, 15) is 34.2 Å². The highest BCUT2D eigenvalue weighted by Crippen LogP contribution is 2.42. The van der Waals surface area contributed by atoms with Gasteiger partial charge in [-0.05, 0) is 114 Å². The molecule has 3 heterocycles. The van der Waals surface area contributed by atoms with Crippen LogP contribution in [0.4, 0.5) is 0 Å². The van der Waals surface area contributed by atoms with E-state index in [4.69, 9.17) is 32.8 Å². The van der Waals surface area contributed by atoms with Crippen LogP contribution in [-0.2, 0) is 56.8 Å². The molecule has 2 bridgehead atoms. The largest absolute Gasteiger partial charge is 0.480 e. The highest BCUT2D eigenvalue weighted by atomic mass is 28.4. The van der Waals surface area contributed by atoms with E-state index in [-0.39, 0.29) is 54.6 Å². The molecule has 4 rings (SSSR count). The van der Waals surface area contributed by atoms with Crippen molar-refractivity contribution in [3.8, 4) is 0 Å². The molecule has 0 aromatic rings. The van der Waals surface area contributed by atoms with Gasteiger partial charge in [0.25, 0.3) is 11.7 Å². The number of fused-ring (bicyclic) bond motifs is 3. The topological polar surface area (TPSA) is 194 Å². The first-order valence-electron chi connectivity index (χ1n) is 24.8. The molecule has 14 atom stereocenters. The number of Topliss-reactive ketones (excluding diaryl/α,β-unsaturated/α-hetero) is 2. The van der Waals surface area contributed by atoms with Gasteiger partial charge in [-0.25, -0.2) is 9.59 Å². The fraction of sp³-hybridized carbons (Fsp3) is 0.824. The Morgan fingerprint density at radius 3 is 2.15 bits per heavy atom.